The Kier molecular flexibility index (Phi) is 3.48. The SMILES string of the molecule is CC(N)CCc1ccc2nc(-c3cccnc3)[nH]c2c1. The van der Waals surface area contributed by atoms with Gasteiger partial charge in [-0.1, -0.05) is 6.07 Å². The highest BCUT2D eigenvalue weighted by atomic mass is 14.9. The first-order valence-electron chi connectivity index (χ1n) is 6.87. The zero-order valence-corrected chi connectivity index (χ0v) is 11.5. The Bertz CT molecular complexity index is 701. The Morgan fingerprint density at radius 2 is 2.20 bits per heavy atom. The second-order valence-corrected chi connectivity index (χ2v) is 5.19. The van der Waals surface area contributed by atoms with E-state index < -0.39 is 0 Å². The number of nitrogens with zero attached hydrogens (tertiary/aromatic N) is 2. The van der Waals surface area contributed by atoms with Gasteiger partial charge in [0.25, 0.3) is 0 Å². The van der Waals surface area contributed by atoms with Gasteiger partial charge >= 0.3 is 0 Å². The number of H-pyrrole nitrogens is 1. The first-order valence-corrected chi connectivity index (χ1v) is 6.87. The molecule has 0 aliphatic rings. The number of imidazole rings is 1. The van der Waals surface area contributed by atoms with E-state index in [4.69, 9.17) is 5.73 Å². The number of rotatable bonds is 4. The van der Waals surface area contributed by atoms with Gasteiger partial charge in [0.15, 0.2) is 0 Å². The summed E-state index contributed by atoms with van der Waals surface area (Å²) in [5, 5.41) is 0. The number of fused-ring (bicyclic) bond motifs is 1. The van der Waals surface area contributed by atoms with E-state index in [9.17, 15) is 0 Å². The average molecular weight is 266 g/mol. The third kappa shape index (κ3) is 2.70. The molecule has 0 bridgehead atoms. The van der Waals surface area contributed by atoms with Gasteiger partial charge in [-0.3, -0.25) is 4.98 Å². The molecule has 0 fully saturated rings. The molecule has 2 aromatic heterocycles. The maximum absolute atomic E-state index is 5.81. The van der Waals surface area contributed by atoms with Gasteiger partial charge in [-0.05, 0) is 49.6 Å². The van der Waals surface area contributed by atoms with Crippen LogP contribution < -0.4 is 5.73 Å². The van der Waals surface area contributed by atoms with Crippen LogP contribution in [0.1, 0.15) is 18.9 Å². The Balaban J connectivity index is 1.91. The lowest BCUT2D eigenvalue weighted by Gasteiger charge is -2.04. The van der Waals surface area contributed by atoms with Gasteiger partial charge in [0, 0.05) is 24.0 Å². The monoisotopic (exact) mass is 266 g/mol. The predicted octanol–water partition coefficient (Wildman–Crippen LogP) is 2.90. The Morgan fingerprint density at radius 3 is 2.95 bits per heavy atom. The van der Waals surface area contributed by atoms with Crippen molar-refractivity contribution in [3.63, 3.8) is 0 Å². The minimum atomic E-state index is 0.235. The Morgan fingerprint density at radius 1 is 1.30 bits per heavy atom. The Hall–Kier alpha value is -2.20. The number of aromatic amines is 1. The molecular weight excluding hydrogens is 248 g/mol. The summed E-state index contributed by atoms with van der Waals surface area (Å²) in [6.07, 6.45) is 5.57. The molecule has 20 heavy (non-hydrogen) atoms. The number of benzene rings is 1. The molecule has 0 radical (unpaired) electrons. The number of nitrogens with two attached hydrogens (primary N) is 1. The Labute approximate surface area is 118 Å². The number of hydrogen-bond donors (Lipinski definition) is 2. The van der Waals surface area contributed by atoms with Crippen LogP contribution in [0.5, 0.6) is 0 Å². The molecule has 1 aromatic carbocycles. The van der Waals surface area contributed by atoms with E-state index in [0.29, 0.717) is 0 Å². The lowest BCUT2D eigenvalue weighted by Crippen LogP contribution is -2.15. The highest BCUT2D eigenvalue weighted by Gasteiger charge is 2.06. The zero-order valence-electron chi connectivity index (χ0n) is 11.5. The van der Waals surface area contributed by atoms with Gasteiger partial charge < -0.3 is 10.7 Å². The minimum absolute atomic E-state index is 0.235. The summed E-state index contributed by atoms with van der Waals surface area (Å²) in [6, 6.07) is 10.5. The van der Waals surface area contributed by atoms with Crippen molar-refractivity contribution < 1.29 is 0 Å². The molecule has 1 unspecified atom stereocenters. The topological polar surface area (TPSA) is 67.6 Å². The lowest BCUT2D eigenvalue weighted by molar-refractivity contribution is 0.666. The van der Waals surface area contributed by atoms with Crippen molar-refractivity contribution in [3.8, 4) is 11.4 Å². The van der Waals surface area contributed by atoms with Crippen LogP contribution in [-0.4, -0.2) is 21.0 Å². The van der Waals surface area contributed by atoms with Crippen molar-refractivity contribution in [3.05, 3.63) is 48.3 Å². The van der Waals surface area contributed by atoms with Crippen LogP contribution in [0.15, 0.2) is 42.7 Å². The molecule has 0 aliphatic carbocycles. The van der Waals surface area contributed by atoms with Crippen molar-refractivity contribution in [2.24, 2.45) is 5.73 Å². The average Bonchev–Trinajstić information content (AvgIpc) is 2.89. The maximum Gasteiger partial charge on any atom is 0.140 e. The molecule has 0 saturated heterocycles. The summed E-state index contributed by atoms with van der Waals surface area (Å²) >= 11 is 0. The maximum atomic E-state index is 5.81. The number of aromatic nitrogens is 3. The first kappa shape index (κ1) is 12.8. The van der Waals surface area contributed by atoms with Gasteiger partial charge in [-0.25, -0.2) is 4.98 Å². The highest BCUT2D eigenvalue weighted by molar-refractivity contribution is 5.79. The largest absolute Gasteiger partial charge is 0.338 e. The van der Waals surface area contributed by atoms with E-state index in [2.05, 4.69) is 33.2 Å². The summed E-state index contributed by atoms with van der Waals surface area (Å²) in [5.41, 5.74) is 10.1. The van der Waals surface area contributed by atoms with E-state index in [1.807, 2.05) is 25.3 Å². The summed E-state index contributed by atoms with van der Waals surface area (Å²) in [6.45, 7) is 2.04. The van der Waals surface area contributed by atoms with Crippen molar-refractivity contribution in [2.45, 2.75) is 25.8 Å². The normalized spacial score (nSPS) is 12.7. The fraction of sp³-hybridized carbons (Fsp3) is 0.250. The fourth-order valence-electron chi connectivity index (χ4n) is 2.25. The highest BCUT2D eigenvalue weighted by Crippen LogP contribution is 2.21. The molecule has 0 saturated carbocycles. The number of nitrogens with one attached hydrogen (secondary N) is 1. The van der Waals surface area contributed by atoms with Gasteiger partial charge in [-0.2, -0.15) is 0 Å². The van der Waals surface area contributed by atoms with Gasteiger partial charge in [0.2, 0.25) is 0 Å². The molecule has 2 heterocycles. The van der Waals surface area contributed by atoms with Crippen LogP contribution in [0.2, 0.25) is 0 Å². The van der Waals surface area contributed by atoms with Crippen molar-refractivity contribution >= 4 is 11.0 Å². The number of aryl methyl sites for hydroxylation is 1. The summed E-state index contributed by atoms with van der Waals surface area (Å²) in [4.78, 5) is 12.1. The molecule has 102 valence electrons. The van der Waals surface area contributed by atoms with Crippen LogP contribution in [0, 0.1) is 0 Å². The summed E-state index contributed by atoms with van der Waals surface area (Å²) < 4.78 is 0. The zero-order chi connectivity index (χ0) is 13.9. The summed E-state index contributed by atoms with van der Waals surface area (Å²) in [7, 11) is 0. The van der Waals surface area contributed by atoms with E-state index in [-0.39, 0.29) is 6.04 Å². The molecule has 0 aliphatic heterocycles. The quantitative estimate of drug-likeness (QED) is 0.763. The molecular formula is C16H18N4. The second-order valence-electron chi connectivity index (χ2n) is 5.19. The van der Waals surface area contributed by atoms with Crippen LogP contribution >= 0.6 is 0 Å². The fourth-order valence-corrected chi connectivity index (χ4v) is 2.25. The van der Waals surface area contributed by atoms with Gasteiger partial charge in [0.1, 0.15) is 5.82 Å². The lowest BCUT2D eigenvalue weighted by atomic mass is 10.1. The van der Waals surface area contributed by atoms with E-state index in [1.54, 1.807) is 6.20 Å². The second kappa shape index (κ2) is 5.43. The number of pyridine rings is 1. The standard InChI is InChI=1S/C16H18N4/c1-11(17)4-5-12-6-7-14-15(9-12)20-16(19-14)13-3-2-8-18-10-13/h2-3,6-11H,4-5,17H2,1H3,(H,19,20). The predicted molar refractivity (Wildman–Crippen MR) is 81.3 cm³/mol. The van der Waals surface area contributed by atoms with E-state index >= 15 is 0 Å². The van der Waals surface area contributed by atoms with Crippen LogP contribution in [0.3, 0.4) is 0 Å². The molecule has 0 spiro atoms. The van der Waals surface area contributed by atoms with Gasteiger partial charge in [-0.15, -0.1) is 0 Å². The number of hydrogen-bond acceptors (Lipinski definition) is 3. The third-order valence-electron chi connectivity index (χ3n) is 3.37. The first-order chi connectivity index (χ1) is 9.72. The van der Waals surface area contributed by atoms with Crippen molar-refractivity contribution in [1.29, 1.82) is 0 Å². The smallest absolute Gasteiger partial charge is 0.140 e. The van der Waals surface area contributed by atoms with E-state index in [1.165, 1.54) is 5.56 Å². The molecule has 4 heteroatoms. The van der Waals surface area contributed by atoms with Gasteiger partial charge in [0.05, 0.1) is 11.0 Å². The molecule has 3 N–H and O–H groups in total. The molecule has 0 amide bonds. The van der Waals surface area contributed by atoms with E-state index in [0.717, 1.165) is 35.3 Å². The molecule has 3 rings (SSSR count). The summed E-state index contributed by atoms with van der Waals surface area (Å²) in [5.74, 6) is 0.859. The molecule has 3 aromatic rings. The molecule has 1 atom stereocenters. The van der Waals surface area contributed by atoms with Crippen LogP contribution in [0.4, 0.5) is 0 Å². The van der Waals surface area contributed by atoms with Crippen LogP contribution in [-0.2, 0) is 6.42 Å². The molecule has 4 nitrogen and oxygen atoms in total. The van der Waals surface area contributed by atoms with Crippen molar-refractivity contribution in [1.82, 2.24) is 15.0 Å². The van der Waals surface area contributed by atoms with Crippen molar-refractivity contribution in [2.75, 3.05) is 0 Å². The minimum Gasteiger partial charge on any atom is -0.338 e. The third-order valence-corrected chi connectivity index (χ3v) is 3.37. The van der Waals surface area contributed by atoms with Crippen LogP contribution in [0.25, 0.3) is 22.4 Å².